The Labute approximate surface area is 76.3 Å². The largest absolute Gasteiger partial charge is 0.466 e. The molecule has 1 rings (SSSR count). The molecule has 0 saturated carbocycles. The molecule has 74 valence electrons. The predicted octanol–water partition coefficient (Wildman–Crippen LogP) is 0.549. The third-order valence-electron chi connectivity index (χ3n) is 1.99. The van der Waals surface area contributed by atoms with Crippen LogP contribution in [0.5, 0.6) is 0 Å². The Morgan fingerprint density at radius 2 is 2.15 bits per heavy atom. The number of carbonyl (C=O) groups excluding carboxylic acids is 1. The average molecular weight is 187 g/mol. The summed E-state index contributed by atoms with van der Waals surface area (Å²) in [4.78, 5) is 22.6. The number of hydrogen-bond donors (Lipinski definition) is 1. The van der Waals surface area contributed by atoms with E-state index in [9.17, 15) is 9.59 Å². The van der Waals surface area contributed by atoms with E-state index < -0.39 is 6.09 Å². The average Bonchev–Trinajstić information content (AvgIpc) is 1.95. The van der Waals surface area contributed by atoms with Crippen molar-refractivity contribution in [3.8, 4) is 0 Å². The van der Waals surface area contributed by atoms with E-state index in [1.54, 1.807) is 6.92 Å². The van der Waals surface area contributed by atoms with E-state index in [0.29, 0.717) is 26.1 Å². The van der Waals surface area contributed by atoms with Crippen molar-refractivity contribution in [2.24, 2.45) is 5.92 Å². The normalized spacial score (nSPS) is 16.5. The summed E-state index contributed by atoms with van der Waals surface area (Å²) < 4.78 is 4.74. The smallest absolute Gasteiger partial charge is 0.407 e. The number of nitrogens with zero attached hydrogens (tertiary/aromatic N) is 1. The molecule has 0 radical (unpaired) electrons. The summed E-state index contributed by atoms with van der Waals surface area (Å²) in [6, 6.07) is 0. The molecule has 0 aromatic rings. The van der Waals surface area contributed by atoms with Gasteiger partial charge in [0.05, 0.1) is 13.0 Å². The summed E-state index contributed by atoms with van der Waals surface area (Å²) in [5.74, 6) is -0.0901. The van der Waals surface area contributed by atoms with Gasteiger partial charge in [0.1, 0.15) is 0 Å². The van der Waals surface area contributed by atoms with Crippen molar-refractivity contribution < 1.29 is 19.4 Å². The van der Waals surface area contributed by atoms with Crippen LogP contribution >= 0.6 is 0 Å². The Morgan fingerprint density at radius 1 is 1.54 bits per heavy atom. The highest BCUT2D eigenvalue weighted by Gasteiger charge is 2.32. The van der Waals surface area contributed by atoms with Crippen molar-refractivity contribution in [3.63, 3.8) is 0 Å². The van der Waals surface area contributed by atoms with Gasteiger partial charge in [-0.25, -0.2) is 4.79 Å². The highest BCUT2D eigenvalue weighted by Crippen LogP contribution is 2.19. The molecule has 0 atom stereocenters. The summed E-state index contributed by atoms with van der Waals surface area (Å²) in [5, 5.41) is 8.50. The van der Waals surface area contributed by atoms with Crippen LogP contribution in [-0.2, 0) is 9.53 Å². The van der Waals surface area contributed by atoms with Gasteiger partial charge in [-0.3, -0.25) is 4.79 Å². The molecular weight excluding hydrogens is 174 g/mol. The molecule has 13 heavy (non-hydrogen) atoms. The van der Waals surface area contributed by atoms with Crippen molar-refractivity contribution in [1.29, 1.82) is 0 Å². The van der Waals surface area contributed by atoms with E-state index in [-0.39, 0.29) is 11.9 Å². The lowest BCUT2D eigenvalue weighted by Crippen LogP contribution is -2.50. The molecule has 0 aromatic heterocycles. The third-order valence-corrected chi connectivity index (χ3v) is 1.99. The Kier molecular flexibility index (Phi) is 3.11. The first-order valence-corrected chi connectivity index (χ1v) is 4.27. The van der Waals surface area contributed by atoms with Crippen molar-refractivity contribution in [3.05, 3.63) is 0 Å². The number of amides is 1. The van der Waals surface area contributed by atoms with Gasteiger partial charge < -0.3 is 14.7 Å². The molecule has 0 bridgehead atoms. The molecule has 1 N–H and O–H groups in total. The number of ether oxygens (including phenoxy) is 1. The zero-order valence-electron chi connectivity index (χ0n) is 7.52. The molecule has 0 unspecified atom stereocenters. The van der Waals surface area contributed by atoms with E-state index in [4.69, 9.17) is 9.84 Å². The lowest BCUT2D eigenvalue weighted by Gasteiger charge is -2.36. The topological polar surface area (TPSA) is 66.8 Å². The van der Waals surface area contributed by atoms with E-state index in [2.05, 4.69) is 0 Å². The third kappa shape index (κ3) is 2.61. The van der Waals surface area contributed by atoms with Gasteiger partial charge in [-0.1, -0.05) is 0 Å². The molecule has 5 nitrogen and oxygen atoms in total. The monoisotopic (exact) mass is 187 g/mol. The van der Waals surface area contributed by atoms with Gasteiger partial charge in [-0.15, -0.1) is 0 Å². The number of likely N-dealkylation sites (tertiary alicyclic amines) is 1. The molecule has 1 aliphatic heterocycles. The molecule has 1 amide bonds. The Hall–Kier alpha value is -1.26. The van der Waals surface area contributed by atoms with Crippen molar-refractivity contribution in [2.75, 3.05) is 19.7 Å². The van der Waals surface area contributed by atoms with E-state index in [0.717, 1.165) is 0 Å². The minimum absolute atomic E-state index is 0.148. The minimum Gasteiger partial charge on any atom is -0.466 e. The molecule has 0 aromatic carbocycles. The van der Waals surface area contributed by atoms with Gasteiger partial charge in [0, 0.05) is 19.0 Å². The standard InChI is InChI=1S/C8H13NO4/c1-2-13-7(10)3-6-4-9(5-6)8(11)12/h6H,2-5H2,1H3,(H,11,12). The fraction of sp³-hybridized carbons (Fsp3) is 0.750. The molecule has 1 fully saturated rings. The Balaban J connectivity index is 2.14. The van der Waals surface area contributed by atoms with Crippen LogP contribution in [0.3, 0.4) is 0 Å². The maximum Gasteiger partial charge on any atom is 0.407 e. The summed E-state index contributed by atoms with van der Waals surface area (Å²) in [6.45, 7) is 3.04. The first-order chi connectivity index (χ1) is 6.13. The van der Waals surface area contributed by atoms with Crippen molar-refractivity contribution in [1.82, 2.24) is 4.90 Å². The van der Waals surface area contributed by atoms with Gasteiger partial charge in [-0.05, 0) is 6.92 Å². The second-order valence-electron chi connectivity index (χ2n) is 3.06. The van der Waals surface area contributed by atoms with E-state index >= 15 is 0 Å². The Bertz CT molecular complexity index is 210. The first kappa shape index (κ1) is 9.83. The fourth-order valence-electron chi connectivity index (χ4n) is 1.31. The highest BCUT2D eigenvalue weighted by atomic mass is 16.5. The van der Waals surface area contributed by atoms with E-state index in [1.165, 1.54) is 4.90 Å². The van der Waals surface area contributed by atoms with Crippen LogP contribution in [0.1, 0.15) is 13.3 Å². The number of carboxylic acid groups (broad SMARTS) is 1. The van der Waals surface area contributed by atoms with Crippen molar-refractivity contribution in [2.45, 2.75) is 13.3 Å². The van der Waals surface area contributed by atoms with Crippen LogP contribution in [0.15, 0.2) is 0 Å². The highest BCUT2D eigenvalue weighted by molar-refractivity contribution is 5.71. The quantitative estimate of drug-likeness (QED) is 0.655. The van der Waals surface area contributed by atoms with Crippen LogP contribution in [0.25, 0.3) is 0 Å². The fourth-order valence-corrected chi connectivity index (χ4v) is 1.31. The zero-order valence-corrected chi connectivity index (χ0v) is 7.52. The van der Waals surface area contributed by atoms with Gasteiger partial charge in [0.2, 0.25) is 0 Å². The number of carbonyl (C=O) groups is 2. The van der Waals surface area contributed by atoms with Gasteiger partial charge in [0.25, 0.3) is 0 Å². The van der Waals surface area contributed by atoms with Crippen molar-refractivity contribution >= 4 is 12.1 Å². The molecule has 1 saturated heterocycles. The molecule has 1 aliphatic rings. The zero-order chi connectivity index (χ0) is 9.84. The van der Waals surface area contributed by atoms with Gasteiger partial charge in [0.15, 0.2) is 0 Å². The number of esters is 1. The van der Waals surface area contributed by atoms with Crippen LogP contribution < -0.4 is 0 Å². The summed E-state index contributed by atoms with van der Waals surface area (Å²) >= 11 is 0. The maximum atomic E-state index is 10.9. The second-order valence-corrected chi connectivity index (χ2v) is 3.06. The molecule has 0 aliphatic carbocycles. The molecule has 5 heteroatoms. The van der Waals surface area contributed by atoms with Crippen LogP contribution in [-0.4, -0.2) is 41.8 Å². The number of hydrogen-bond acceptors (Lipinski definition) is 3. The van der Waals surface area contributed by atoms with Crippen LogP contribution in [0, 0.1) is 5.92 Å². The summed E-state index contributed by atoms with van der Waals surface area (Å²) in [7, 11) is 0. The second kappa shape index (κ2) is 4.11. The summed E-state index contributed by atoms with van der Waals surface area (Å²) in [6.07, 6.45) is -0.586. The first-order valence-electron chi connectivity index (χ1n) is 4.27. The lowest BCUT2D eigenvalue weighted by molar-refractivity contribution is -0.145. The van der Waals surface area contributed by atoms with Crippen LogP contribution in [0.2, 0.25) is 0 Å². The molecular formula is C8H13NO4. The summed E-state index contributed by atoms with van der Waals surface area (Å²) in [5.41, 5.74) is 0. The lowest BCUT2D eigenvalue weighted by atomic mass is 9.97. The van der Waals surface area contributed by atoms with E-state index in [1.807, 2.05) is 0 Å². The Morgan fingerprint density at radius 3 is 2.62 bits per heavy atom. The molecule has 0 spiro atoms. The predicted molar refractivity (Wildman–Crippen MR) is 44.3 cm³/mol. The van der Waals surface area contributed by atoms with Crippen LogP contribution in [0.4, 0.5) is 4.79 Å². The maximum absolute atomic E-state index is 10.9. The number of rotatable bonds is 3. The SMILES string of the molecule is CCOC(=O)CC1CN(C(=O)O)C1. The molecule has 1 heterocycles. The van der Waals surface area contributed by atoms with Gasteiger partial charge in [-0.2, -0.15) is 0 Å². The van der Waals surface area contributed by atoms with Gasteiger partial charge >= 0.3 is 12.1 Å². The minimum atomic E-state index is -0.917.